The molecule has 0 bridgehead atoms. The van der Waals surface area contributed by atoms with Crippen LogP contribution in [0.25, 0.3) is 5.65 Å². The second kappa shape index (κ2) is 5.80. The maximum Gasteiger partial charge on any atom is 0.350 e. The van der Waals surface area contributed by atoms with Crippen molar-refractivity contribution in [1.29, 1.82) is 0 Å². The van der Waals surface area contributed by atoms with Crippen molar-refractivity contribution in [2.45, 2.75) is 13.1 Å². The minimum absolute atomic E-state index is 0.162. The monoisotopic (exact) mass is 284 g/mol. The first-order chi connectivity index (χ1) is 10.3. The van der Waals surface area contributed by atoms with E-state index in [4.69, 9.17) is 10.5 Å². The number of aromatic nitrogens is 3. The van der Waals surface area contributed by atoms with Crippen LogP contribution in [-0.4, -0.2) is 20.8 Å². The Kier molecular flexibility index (Phi) is 3.70. The quantitative estimate of drug-likeness (QED) is 0.759. The van der Waals surface area contributed by atoms with E-state index in [1.165, 1.54) is 9.08 Å². The van der Waals surface area contributed by atoms with Crippen molar-refractivity contribution in [1.82, 2.24) is 14.2 Å². The van der Waals surface area contributed by atoms with Crippen molar-refractivity contribution in [2.75, 3.05) is 6.61 Å². The Bertz CT molecular complexity index is 807. The highest BCUT2D eigenvalue weighted by molar-refractivity contribution is 5.35. The summed E-state index contributed by atoms with van der Waals surface area (Å²) in [5.41, 5.74) is 7.07. The molecule has 0 fully saturated rings. The highest BCUT2D eigenvalue weighted by atomic mass is 16.5. The largest absolute Gasteiger partial charge is 0.492 e. The molecule has 0 aliphatic rings. The van der Waals surface area contributed by atoms with Crippen LogP contribution in [0.5, 0.6) is 5.75 Å². The predicted molar refractivity (Wildman–Crippen MR) is 79.3 cm³/mol. The first-order valence-electron chi connectivity index (χ1n) is 6.74. The van der Waals surface area contributed by atoms with Gasteiger partial charge in [0.2, 0.25) is 0 Å². The molecule has 0 spiro atoms. The average molecular weight is 284 g/mol. The van der Waals surface area contributed by atoms with Crippen LogP contribution in [0.2, 0.25) is 0 Å². The third-order valence-electron chi connectivity index (χ3n) is 3.19. The van der Waals surface area contributed by atoms with Crippen molar-refractivity contribution < 1.29 is 4.74 Å². The summed E-state index contributed by atoms with van der Waals surface area (Å²) < 4.78 is 8.55. The summed E-state index contributed by atoms with van der Waals surface area (Å²) in [7, 11) is 0. The fraction of sp³-hybridized carbons (Fsp3) is 0.200. The molecule has 3 aromatic rings. The molecule has 1 aromatic carbocycles. The van der Waals surface area contributed by atoms with Gasteiger partial charge < -0.3 is 10.5 Å². The Hall–Kier alpha value is -2.60. The van der Waals surface area contributed by atoms with Crippen molar-refractivity contribution >= 4 is 5.65 Å². The predicted octanol–water partition coefficient (Wildman–Crippen LogP) is 1.03. The number of hydrogen-bond acceptors (Lipinski definition) is 4. The maximum atomic E-state index is 12.1. The standard InChI is InChI=1S/C15H16N4O2/c16-11-12-4-3-5-13(10-12)21-9-8-19-15(20)18-7-2-1-6-14(18)17-19/h1-7,10H,8-9,11,16H2. The van der Waals surface area contributed by atoms with E-state index in [0.717, 1.165) is 11.3 Å². The van der Waals surface area contributed by atoms with Crippen LogP contribution in [-0.2, 0) is 13.1 Å². The maximum absolute atomic E-state index is 12.1. The van der Waals surface area contributed by atoms with Gasteiger partial charge in [0.15, 0.2) is 5.65 Å². The second-order valence-electron chi connectivity index (χ2n) is 4.63. The topological polar surface area (TPSA) is 74.6 Å². The molecule has 0 aliphatic carbocycles. The lowest BCUT2D eigenvalue weighted by Gasteiger charge is -2.06. The van der Waals surface area contributed by atoms with E-state index in [9.17, 15) is 4.79 Å². The van der Waals surface area contributed by atoms with Gasteiger partial charge in [-0.2, -0.15) is 0 Å². The molecule has 0 amide bonds. The second-order valence-corrected chi connectivity index (χ2v) is 4.63. The first-order valence-corrected chi connectivity index (χ1v) is 6.74. The summed E-state index contributed by atoms with van der Waals surface area (Å²) in [4.78, 5) is 12.1. The zero-order valence-corrected chi connectivity index (χ0v) is 11.5. The molecule has 2 N–H and O–H groups in total. The van der Waals surface area contributed by atoms with Gasteiger partial charge in [0, 0.05) is 12.7 Å². The van der Waals surface area contributed by atoms with E-state index in [1.807, 2.05) is 30.3 Å². The van der Waals surface area contributed by atoms with Crippen molar-refractivity contribution in [3.05, 3.63) is 64.7 Å². The van der Waals surface area contributed by atoms with Crippen molar-refractivity contribution in [3.63, 3.8) is 0 Å². The molecular weight excluding hydrogens is 268 g/mol. The highest BCUT2D eigenvalue weighted by Crippen LogP contribution is 2.12. The lowest BCUT2D eigenvalue weighted by Crippen LogP contribution is -2.23. The highest BCUT2D eigenvalue weighted by Gasteiger charge is 2.05. The first kappa shape index (κ1) is 13.4. The summed E-state index contributed by atoms with van der Waals surface area (Å²) in [6.45, 7) is 1.24. The molecule has 2 heterocycles. The molecule has 6 heteroatoms. The Morgan fingerprint density at radius 1 is 1.19 bits per heavy atom. The van der Waals surface area contributed by atoms with E-state index in [2.05, 4.69) is 5.10 Å². The Labute approximate surface area is 121 Å². The van der Waals surface area contributed by atoms with Crippen LogP contribution >= 0.6 is 0 Å². The molecular formula is C15H16N4O2. The van der Waals surface area contributed by atoms with Gasteiger partial charge in [-0.1, -0.05) is 18.2 Å². The van der Waals surface area contributed by atoms with Crippen LogP contribution in [0.15, 0.2) is 53.5 Å². The number of ether oxygens (including phenoxy) is 1. The number of fused-ring (bicyclic) bond motifs is 1. The van der Waals surface area contributed by atoms with Crippen LogP contribution in [0.1, 0.15) is 5.56 Å². The molecule has 108 valence electrons. The smallest absolute Gasteiger partial charge is 0.350 e. The van der Waals surface area contributed by atoms with Gasteiger partial charge in [-0.15, -0.1) is 5.10 Å². The minimum atomic E-state index is -0.162. The molecule has 21 heavy (non-hydrogen) atoms. The lowest BCUT2D eigenvalue weighted by atomic mass is 10.2. The van der Waals surface area contributed by atoms with Crippen LogP contribution in [0.3, 0.4) is 0 Å². The number of nitrogens with two attached hydrogens (primary N) is 1. The minimum Gasteiger partial charge on any atom is -0.492 e. The van der Waals surface area contributed by atoms with Gasteiger partial charge in [-0.25, -0.2) is 9.48 Å². The third-order valence-corrected chi connectivity index (χ3v) is 3.19. The molecule has 0 unspecified atom stereocenters. The lowest BCUT2D eigenvalue weighted by molar-refractivity contribution is 0.289. The molecule has 0 atom stereocenters. The summed E-state index contributed by atoms with van der Waals surface area (Å²) in [5, 5.41) is 4.24. The number of nitrogens with zero attached hydrogens (tertiary/aromatic N) is 3. The number of pyridine rings is 1. The van der Waals surface area contributed by atoms with Gasteiger partial charge in [0.25, 0.3) is 0 Å². The van der Waals surface area contributed by atoms with Gasteiger partial charge >= 0.3 is 5.69 Å². The average Bonchev–Trinajstić information content (AvgIpc) is 2.84. The molecule has 6 nitrogen and oxygen atoms in total. The zero-order valence-electron chi connectivity index (χ0n) is 11.5. The van der Waals surface area contributed by atoms with Crippen LogP contribution in [0, 0.1) is 0 Å². The van der Waals surface area contributed by atoms with Gasteiger partial charge in [0.1, 0.15) is 12.4 Å². The van der Waals surface area contributed by atoms with E-state index in [-0.39, 0.29) is 5.69 Å². The summed E-state index contributed by atoms with van der Waals surface area (Å²) in [6.07, 6.45) is 1.70. The molecule has 0 saturated carbocycles. The van der Waals surface area contributed by atoms with E-state index >= 15 is 0 Å². The molecule has 0 saturated heterocycles. The number of benzene rings is 1. The van der Waals surface area contributed by atoms with Gasteiger partial charge in [0.05, 0.1) is 6.54 Å². The molecule has 2 aromatic heterocycles. The Morgan fingerprint density at radius 2 is 2.10 bits per heavy atom. The van der Waals surface area contributed by atoms with E-state index < -0.39 is 0 Å². The van der Waals surface area contributed by atoms with Gasteiger partial charge in [-0.3, -0.25) is 4.40 Å². The van der Waals surface area contributed by atoms with Crippen molar-refractivity contribution in [2.24, 2.45) is 5.73 Å². The van der Waals surface area contributed by atoms with Crippen LogP contribution < -0.4 is 16.2 Å². The molecule has 0 aliphatic heterocycles. The Morgan fingerprint density at radius 3 is 2.90 bits per heavy atom. The van der Waals surface area contributed by atoms with E-state index in [1.54, 1.807) is 18.3 Å². The summed E-state index contributed by atoms with van der Waals surface area (Å²) >= 11 is 0. The SMILES string of the molecule is NCc1cccc(OCCn2nc3ccccn3c2=O)c1. The van der Waals surface area contributed by atoms with Crippen molar-refractivity contribution in [3.8, 4) is 5.75 Å². The third kappa shape index (κ3) is 2.80. The fourth-order valence-electron chi connectivity index (χ4n) is 2.13. The number of rotatable bonds is 5. The zero-order chi connectivity index (χ0) is 14.7. The summed E-state index contributed by atoms with van der Waals surface area (Å²) in [6, 6.07) is 13.0. The van der Waals surface area contributed by atoms with Crippen LogP contribution in [0.4, 0.5) is 0 Å². The van der Waals surface area contributed by atoms with E-state index in [0.29, 0.717) is 25.3 Å². The fourth-order valence-corrected chi connectivity index (χ4v) is 2.13. The summed E-state index contributed by atoms with van der Waals surface area (Å²) in [5.74, 6) is 0.745. The molecule has 3 rings (SSSR count). The number of hydrogen-bond donors (Lipinski definition) is 1. The van der Waals surface area contributed by atoms with Gasteiger partial charge in [-0.05, 0) is 29.8 Å². The molecule has 0 radical (unpaired) electrons. The normalized spacial score (nSPS) is 10.9. The Balaban J connectivity index is 1.69.